The molecular weight excluding hydrogens is 476 g/mol. The summed E-state index contributed by atoms with van der Waals surface area (Å²) in [7, 11) is 0. The molecule has 8 nitrogen and oxygen atoms in total. The van der Waals surface area contributed by atoms with Crippen LogP contribution in [0.2, 0.25) is 0 Å². The molecule has 2 aromatic rings. The first-order valence-corrected chi connectivity index (χ1v) is 12.7. The molecule has 2 aliphatic heterocycles. The molecule has 0 saturated heterocycles. The maximum atomic E-state index is 12.7. The molecule has 9 heteroatoms. The lowest BCUT2D eigenvalue weighted by Crippen LogP contribution is -2.35. The van der Waals surface area contributed by atoms with Crippen LogP contribution in [0.15, 0.2) is 52.1 Å². The number of ether oxygens (including phenoxy) is 3. The van der Waals surface area contributed by atoms with Crippen LogP contribution in [0.4, 0.5) is 0 Å². The molecule has 0 aliphatic carbocycles. The van der Waals surface area contributed by atoms with Gasteiger partial charge in [0.25, 0.3) is 5.91 Å². The lowest BCUT2D eigenvalue weighted by atomic mass is 10.1. The second kappa shape index (κ2) is 11.0. The molecule has 1 amide bonds. The summed E-state index contributed by atoms with van der Waals surface area (Å²) in [5, 5.41) is 15.7. The van der Waals surface area contributed by atoms with Crippen molar-refractivity contribution < 1.29 is 19.0 Å². The van der Waals surface area contributed by atoms with E-state index >= 15 is 0 Å². The minimum absolute atomic E-state index is 0.00924. The van der Waals surface area contributed by atoms with Crippen molar-refractivity contribution in [1.82, 2.24) is 5.01 Å². The Labute approximate surface area is 215 Å². The van der Waals surface area contributed by atoms with Crippen LogP contribution >= 0.6 is 11.8 Å². The van der Waals surface area contributed by atoms with Gasteiger partial charge in [-0.15, -0.1) is 0 Å². The lowest BCUT2D eigenvalue weighted by molar-refractivity contribution is -0.114. The van der Waals surface area contributed by atoms with Gasteiger partial charge in [0.05, 0.1) is 12.2 Å². The fourth-order valence-electron chi connectivity index (χ4n) is 3.67. The summed E-state index contributed by atoms with van der Waals surface area (Å²) >= 11 is 1.33. The number of amides is 1. The number of amidine groups is 2. The standard InChI is InChI=1S/C27H30N4O4S/c1-6-33-23-15-19(8-10-22(23)35-12-11-34-21-9-7-17(4)13-18(21)5)14-20-24(28)31-27(29-25(20)32)36-26(30-31)16(2)3/h7-10,13-16,28H,6,11-12H2,1-5H3. The van der Waals surface area contributed by atoms with Crippen molar-refractivity contribution in [2.24, 2.45) is 16.0 Å². The lowest BCUT2D eigenvalue weighted by Gasteiger charge is -2.20. The number of rotatable bonds is 9. The third-order valence-electron chi connectivity index (χ3n) is 5.47. The first-order valence-electron chi connectivity index (χ1n) is 11.9. The minimum atomic E-state index is -0.458. The molecule has 2 heterocycles. The summed E-state index contributed by atoms with van der Waals surface area (Å²) in [6.45, 7) is 11.2. The summed E-state index contributed by atoms with van der Waals surface area (Å²) in [6.07, 6.45) is 1.63. The van der Waals surface area contributed by atoms with Crippen LogP contribution in [0, 0.1) is 25.2 Å². The Hall–Kier alpha value is -3.59. The van der Waals surface area contributed by atoms with Crippen molar-refractivity contribution in [3.8, 4) is 17.2 Å². The molecular formula is C27H30N4O4S. The van der Waals surface area contributed by atoms with Gasteiger partial charge in [-0.3, -0.25) is 10.2 Å². The van der Waals surface area contributed by atoms with Crippen LogP contribution in [-0.2, 0) is 4.79 Å². The van der Waals surface area contributed by atoms with E-state index in [4.69, 9.17) is 19.6 Å². The van der Waals surface area contributed by atoms with E-state index in [1.54, 1.807) is 18.2 Å². The van der Waals surface area contributed by atoms with Crippen molar-refractivity contribution in [2.75, 3.05) is 19.8 Å². The van der Waals surface area contributed by atoms with Gasteiger partial charge in [0.15, 0.2) is 17.3 Å². The zero-order chi connectivity index (χ0) is 25.8. The number of benzene rings is 2. The highest BCUT2D eigenvalue weighted by Crippen LogP contribution is 2.33. The van der Waals surface area contributed by atoms with Gasteiger partial charge in [-0.1, -0.05) is 37.6 Å². The van der Waals surface area contributed by atoms with Crippen LogP contribution in [0.25, 0.3) is 6.08 Å². The van der Waals surface area contributed by atoms with Gasteiger partial charge >= 0.3 is 0 Å². The maximum absolute atomic E-state index is 12.7. The minimum Gasteiger partial charge on any atom is -0.490 e. The normalized spacial score (nSPS) is 16.3. The van der Waals surface area contributed by atoms with Crippen LogP contribution in [-0.4, -0.2) is 46.8 Å². The van der Waals surface area contributed by atoms with Gasteiger partial charge in [-0.25, -0.2) is 0 Å². The van der Waals surface area contributed by atoms with Gasteiger partial charge in [-0.05, 0) is 67.9 Å². The Balaban J connectivity index is 1.47. The van der Waals surface area contributed by atoms with Crippen molar-refractivity contribution in [3.63, 3.8) is 0 Å². The molecule has 0 bridgehead atoms. The number of hydrogen-bond acceptors (Lipinski definition) is 7. The third kappa shape index (κ3) is 5.62. The Bertz CT molecular complexity index is 1280. The summed E-state index contributed by atoms with van der Waals surface area (Å²) in [4.78, 5) is 16.8. The molecule has 1 N–H and O–H groups in total. The van der Waals surface area contributed by atoms with Gasteiger partial charge < -0.3 is 14.2 Å². The molecule has 4 rings (SSSR count). The average Bonchev–Trinajstić information content (AvgIpc) is 3.26. The zero-order valence-electron chi connectivity index (χ0n) is 21.1. The average molecular weight is 507 g/mol. The third-order valence-corrected chi connectivity index (χ3v) is 6.68. The summed E-state index contributed by atoms with van der Waals surface area (Å²) in [6, 6.07) is 11.5. The summed E-state index contributed by atoms with van der Waals surface area (Å²) in [5.74, 6) is 1.70. The van der Waals surface area contributed by atoms with Crippen molar-refractivity contribution in [3.05, 3.63) is 58.7 Å². The molecule has 0 saturated carbocycles. The highest BCUT2D eigenvalue weighted by atomic mass is 32.2. The number of fused-ring (bicyclic) bond motifs is 1. The molecule has 188 valence electrons. The Morgan fingerprint density at radius 3 is 2.44 bits per heavy atom. The Morgan fingerprint density at radius 1 is 1.03 bits per heavy atom. The molecule has 0 radical (unpaired) electrons. The van der Waals surface area contributed by atoms with Gasteiger partial charge in [-0.2, -0.15) is 15.1 Å². The van der Waals surface area contributed by atoms with E-state index in [2.05, 4.69) is 16.2 Å². The molecule has 0 fully saturated rings. The van der Waals surface area contributed by atoms with Gasteiger partial charge in [0, 0.05) is 5.92 Å². The number of carbonyl (C=O) groups excluding carboxylic acids is 1. The summed E-state index contributed by atoms with van der Waals surface area (Å²) in [5.41, 5.74) is 3.15. The van der Waals surface area contributed by atoms with Crippen LogP contribution < -0.4 is 14.2 Å². The fraction of sp³-hybridized carbons (Fsp3) is 0.333. The highest BCUT2D eigenvalue weighted by molar-refractivity contribution is 8.27. The van der Waals surface area contributed by atoms with E-state index in [0.29, 0.717) is 42.1 Å². The molecule has 0 atom stereocenters. The molecule has 2 aromatic carbocycles. The predicted molar refractivity (Wildman–Crippen MR) is 144 cm³/mol. The topological polar surface area (TPSA) is 96.6 Å². The number of carbonyl (C=O) groups is 1. The van der Waals surface area contributed by atoms with Gasteiger partial charge in [0.2, 0.25) is 5.17 Å². The maximum Gasteiger partial charge on any atom is 0.283 e. The van der Waals surface area contributed by atoms with Crippen LogP contribution in [0.3, 0.4) is 0 Å². The second-order valence-electron chi connectivity index (χ2n) is 8.72. The van der Waals surface area contributed by atoms with Crippen LogP contribution in [0.1, 0.15) is 37.5 Å². The fourth-order valence-corrected chi connectivity index (χ4v) is 4.57. The molecule has 2 aliphatic rings. The zero-order valence-corrected chi connectivity index (χ0v) is 21.9. The van der Waals surface area contributed by atoms with E-state index in [1.807, 2.05) is 52.8 Å². The Kier molecular flexibility index (Phi) is 7.79. The highest BCUT2D eigenvalue weighted by Gasteiger charge is 2.36. The number of thioether (sulfide) groups is 1. The number of aliphatic imine (C=N–C) groups is 1. The van der Waals surface area contributed by atoms with Crippen molar-refractivity contribution in [1.29, 1.82) is 5.41 Å². The number of nitrogens with one attached hydrogen (secondary N) is 1. The van der Waals surface area contributed by atoms with Gasteiger partial charge in [0.1, 0.15) is 24.0 Å². The SMILES string of the molecule is CCOc1cc(C=C2C(=N)N3N=C(C(C)C)SC3=NC2=O)ccc1OCCOc1ccc(C)cc1C. The first-order chi connectivity index (χ1) is 17.3. The molecule has 0 aromatic heterocycles. The van der Waals surface area contributed by atoms with E-state index in [-0.39, 0.29) is 17.3 Å². The molecule has 36 heavy (non-hydrogen) atoms. The van der Waals surface area contributed by atoms with E-state index in [9.17, 15) is 4.79 Å². The van der Waals surface area contributed by atoms with E-state index < -0.39 is 5.91 Å². The molecule has 0 spiro atoms. The van der Waals surface area contributed by atoms with E-state index in [1.165, 1.54) is 22.3 Å². The van der Waals surface area contributed by atoms with Crippen LogP contribution in [0.5, 0.6) is 17.2 Å². The Morgan fingerprint density at radius 2 is 1.75 bits per heavy atom. The largest absolute Gasteiger partial charge is 0.490 e. The number of hydrogen-bond donors (Lipinski definition) is 1. The number of hydrazone groups is 1. The number of nitrogens with zero attached hydrogens (tertiary/aromatic N) is 3. The first kappa shape index (κ1) is 25.5. The van der Waals surface area contributed by atoms with Crippen molar-refractivity contribution >= 4 is 39.8 Å². The molecule has 0 unspecified atom stereocenters. The van der Waals surface area contributed by atoms with Crippen molar-refractivity contribution in [2.45, 2.75) is 34.6 Å². The second-order valence-corrected chi connectivity index (χ2v) is 9.71. The predicted octanol–water partition coefficient (Wildman–Crippen LogP) is 5.44. The quantitative estimate of drug-likeness (QED) is 0.360. The smallest absolute Gasteiger partial charge is 0.283 e. The number of aryl methyl sites for hydroxylation is 2. The summed E-state index contributed by atoms with van der Waals surface area (Å²) < 4.78 is 17.6. The van der Waals surface area contributed by atoms with E-state index in [0.717, 1.165) is 16.4 Å². The monoisotopic (exact) mass is 506 g/mol.